The highest BCUT2D eigenvalue weighted by Gasteiger charge is 2.27. The second-order valence-electron chi connectivity index (χ2n) is 7.74. The Bertz CT molecular complexity index is 1030. The van der Waals surface area contributed by atoms with E-state index in [2.05, 4.69) is 40.7 Å². The van der Waals surface area contributed by atoms with Crippen molar-refractivity contribution in [2.75, 3.05) is 18.4 Å². The van der Waals surface area contributed by atoms with Crippen molar-refractivity contribution in [3.8, 4) is 0 Å². The molecule has 3 aromatic rings. The zero-order chi connectivity index (χ0) is 21.6. The van der Waals surface area contributed by atoms with E-state index in [4.69, 9.17) is 4.42 Å². The molecule has 1 aromatic heterocycles. The van der Waals surface area contributed by atoms with Crippen LogP contribution in [0.25, 0.3) is 0 Å². The molecule has 0 radical (unpaired) electrons. The van der Waals surface area contributed by atoms with Gasteiger partial charge < -0.3 is 15.1 Å². The van der Waals surface area contributed by atoms with Gasteiger partial charge in [-0.05, 0) is 53.8 Å². The molecule has 0 fully saturated rings. The molecule has 2 aromatic carbocycles. The zero-order valence-corrected chi connectivity index (χ0v) is 17.6. The fraction of sp³-hybridized carbons (Fsp3) is 0.280. The van der Waals surface area contributed by atoms with E-state index < -0.39 is 11.8 Å². The highest BCUT2D eigenvalue weighted by atomic mass is 16.3. The Morgan fingerprint density at radius 1 is 1.00 bits per heavy atom. The van der Waals surface area contributed by atoms with Gasteiger partial charge in [0.25, 0.3) is 0 Å². The van der Waals surface area contributed by atoms with E-state index in [-0.39, 0.29) is 12.6 Å². The van der Waals surface area contributed by atoms with Crippen molar-refractivity contribution in [2.45, 2.75) is 32.4 Å². The number of nitrogens with zero attached hydrogens (tertiary/aromatic N) is 1. The number of rotatable bonds is 6. The average molecular weight is 418 g/mol. The average Bonchev–Trinajstić information content (AvgIpc) is 3.34. The summed E-state index contributed by atoms with van der Waals surface area (Å²) < 4.78 is 5.65. The summed E-state index contributed by atoms with van der Waals surface area (Å²) in [5.41, 5.74) is 4.42. The Kier molecular flexibility index (Phi) is 6.48. The van der Waals surface area contributed by atoms with E-state index in [1.807, 2.05) is 30.3 Å². The van der Waals surface area contributed by atoms with Gasteiger partial charge in [0.1, 0.15) is 5.76 Å². The summed E-state index contributed by atoms with van der Waals surface area (Å²) in [6.07, 6.45) is 3.49. The van der Waals surface area contributed by atoms with Crippen LogP contribution in [-0.4, -0.2) is 29.8 Å². The number of hydrogen-bond donors (Lipinski definition) is 2. The minimum atomic E-state index is -0.675. The van der Waals surface area contributed by atoms with Crippen LogP contribution in [0.1, 0.15) is 35.4 Å². The molecule has 4 rings (SSSR count). The lowest BCUT2D eigenvalue weighted by molar-refractivity contribution is -0.136. The van der Waals surface area contributed by atoms with Crippen molar-refractivity contribution in [3.63, 3.8) is 0 Å². The third-order valence-corrected chi connectivity index (χ3v) is 5.75. The summed E-state index contributed by atoms with van der Waals surface area (Å²) in [5.74, 6) is -0.560. The molecule has 31 heavy (non-hydrogen) atoms. The predicted octanol–water partition coefficient (Wildman–Crippen LogP) is 3.70. The van der Waals surface area contributed by atoms with Gasteiger partial charge in [0, 0.05) is 25.3 Å². The van der Waals surface area contributed by atoms with Crippen LogP contribution in [0, 0.1) is 0 Å². The SMILES string of the molecule is CCc1ccc(NC(=O)C(=O)NC[C@H](c2ccco2)N2CCc3ccccc3C2)cc1. The zero-order valence-electron chi connectivity index (χ0n) is 17.6. The van der Waals surface area contributed by atoms with E-state index in [0.717, 1.165) is 31.7 Å². The van der Waals surface area contributed by atoms with Gasteiger partial charge in [-0.25, -0.2) is 0 Å². The van der Waals surface area contributed by atoms with Crippen molar-refractivity contribution in [1.82, 2.24) is 10.2 Å². The summed E-state index contributed by atoms with van der Waals surface area (Å²) in [6.45, 7) is 3.98. The third-order valence-electron chi connectivity index (χ3n) is 5.75. The first kappa shape index (κ1) is 20.9. The molecule has 160 valence electrons. The molecular formula is C25H27N3O3. The Morgan fingerprint density at radius 2 is 1.77 bits per heavy atom. The van der Waals surface area contributed by atoms with Gasteiger partial charge in [-0.15, -0.1) is 0 Å². The van der Waals surface area contributed by atoms with Gasteiger partial charge in [-0.1, -0.05) is 43.3 Å². The van der Waals surface area contributed by atoms with Gasteiger partial charge in [0.15, 0.2) is 0 Å². The number of fused-ring (bicyclic) bond motifs is 1. The molecule has 1 aliphatic rings. The molecule has 0 aliphatic carbocycles. The van der Waals surface area contributed by atoms with E-state index in [1.54, 1.807) is 18.4 Å². The minimum absolute atomic E-state index is 0.149. The topological polar surface area (TPSA) is 74.6 Å². The smallest absolute Gasteiger partial charge is 0.313 e. The van der Waals surface area contributed by atoms with Crippen LogP contribution in [0.3, 0.4) is 0 Å². The lowest BCUT2D eigenvalue weighted by Gasteiger charge is -2.34. The first-order valence-electron chi connectivity index (χ1n) is 10.7. The van der Waals surface area contributed by atoms with Crippen LogP contribution in [0.4, 0.5) is 5.69 Å². The molecule has 0 spiro atoms. The molecular weight excluding hydrogens is 390 g/mol. The molecule has 2 N–H and O–H groups in total. The van der Waals surface area contributed by atoms with Crippen LogP contribution >= 0.6 is 0 Å². The number of amides is 2. The fourth-order valence-corrected chi connectivity index (χ4v) is 3.96. The maximum Gasteiger partial charge on any atom is 0.313 e. The lowest BCUT2D eigenvalue weighted by atomic mass is 9.98. The van der Waals surface area contributed by atoms with E-state index in [9.17, 15) is 9.59 Å². The number of hydrogen-bond acceptors (Lipinski definition) is 4. The van der Waals surface area contributed by atoms with Crippen molar-refractivity contribution >= 4 is 17.5 Å². The normalized spacial score (nSPS) is 14.5. The van der Waals surface area contributed by atoms with E-state index in [0.29, 0.717) is 5.69 Å². The molecule has 1 aliphatic heterocycles. The Hall–Kier alpha value is -3.38. The number of furan rings is 1. The lowest BCUT2D eigenvalue weighted by Crippen LogP contribution is -2.43. The molecule has 6 nitrogen and oxygen atoms in total. The molecule has 2 amide bonds. The number of aryl methyl sites for hydroxylation is 1. The number of nitrogens with one attached hydrogen (secondary N) is 2. The summed E-state index contributed by atoms with van der Waals surface area (Å²) in [6, 6.07) is 19.5. The monoisotopic (exact) mass is 417 g/mol. The quantitative estimate of drug-likeness (QED) is 0.600. The molecule has 1 atom stereocenters. The second kappa shape index (κ2) is 9.62. The maximum absolute atomic E-state index is 12.5. The van der Waals surface area contributed by atoms with E-state index in [1.165, 1.54) is 16.7 Å². The first-order chi connectivity index (χ1) is 15.1. The van der Waals surface area contributed by atoms with Crippen molar-refractivity contribution in [2.24, 2.45) is 0 Å². The number of carbonyl (C=O) groups is 2. The number of benzene rings is 2. The minimum Gasteiger partial charge on any atom is -0.468 e. The van der Waals surface area contributed by atoms with Gasteiger partial charge in [0.05, 0.1) is 12.3 Å². The van der Waals surface area contributed by atoms with Crippen LogP contribution in [-0.2, 0) is 29.0 Å². The highest BCUT2D eigenvalue weighted by molar-refractivity contribution is 6.39. The van der Waals surface area contributed by atoms with E-state index >= 15 is 0 Å². The van der Waals surface area contributed by atoms with Gasteiger partial charge in [-0.2, -0.15) is 0 Å². The largest absolute Gasteiger partial charge is 0.468 e. The summed E-state index contributed by atoms with van der Waals surface area (Å²) >= 11 is 0. The predicted molar refractivity (Wildman–Crippen MR) is 119 cm³/mol. The molecule has 0 bridgehead atoms. The second-order valence-corrected chi connectivity index (χ2v) is 7.74. The van der Waals surface area contributed by atoms with Gasteiger partial charge >= 0.3 is 11.8 Å². The molecule has 0 unspecified atom stereocenters. The Balaban J connectivity index is 1.39. The number of carbonyl (C=O) groups excluding carboxylic acids is 2. The van der Waals surface area contributed by atoms with Crippen LogP contribution in [0.5, 0.6) is 0 Å². The third kappa shape index (κ3) is 5.03. The van der Waals surface area contributed by atoms with Crippen molar-refractivity contribution < 1.29 is 14.0 Å². The van der Waals surface area contributed by atoms with Crippen LogP contribution < -0.4 is 10.6 Å². The van der Waals surface area contributed by atoms with Crippen LogP contribution in [0.15, 0.2) is 71.3 Å². The fourth-order valence-electron chi connectivity index (χ4n) is 3.96. The van der Waals surface area contributed by atoms with Gasteiger partial charge in [0.2, 0.25) is 0 Å². The highest BCUT2D eigenvalue weighted by Crippen LogP contribution is 2.27. The summed E-state index contributed by atoms with van der Waals surface area (Å²) in [5, 5.41) is 5.44. The molecule has 0 saturated heterocycles. The first-order valence-corrected chi connectivity index (χ1v) is 10.7. The molecule has 6 heteroatoms. The van der Waals surface area contributed by atoms with Crippen molar-refractivity contribution in [1.29, 1.82) is 0 Å². The Morgan fingerprint density at radius 3 is 2.48 bits per heavy atom. The molecule has 0 saturated carbocycles. The summed E-state index contributed by atoms with van der Waals surface area (Å²) in [4.78, 5) is 27.1. The van der Waals surface area contributed by atoms with Crippen molar-refractivity contribution in [3.05, 3.63) is 89.4 Å². The maximum atomic E-state index is 12.5. The summed E-state index contributed by atoms with van der Waals surface area (Å²) in [7, 11) is 0. The van der Waals surface area contributed by atoms with Crippen LogP contribution in [0.2, 0.25) is 0 Å². The Labute approximate surface area is 182 Å². The standard InChI is InChI=1S/C25H27N3O3/c1-2-18-9-11-21(12-10-18)27-25(30)24(29)26-16-22(23-8-5-15-31-23)28-14-13-19-6-3-4-7-20(19)17-28/h3-12,15,22H,2,13-14,16-17H2,1H3,(H,26,29)(H,27,30)/t22-/m1/s1. The number of anilines is 1. The molecule has 2 heterocycles. The van der Waals surface area contributed by atoms with Gasteiger partial charge in [-0.3, -0.25) is 14.5 Å².